The van der Waals surface area contributed by atoms with Crippen molar-refractivity contribution in [2.75, 3.05) is 11.9 Å². The molecule has 0 aliphatic heterocycles. The molecule has 2 rings (SSSR count). The summed E-state index contributed by atoms with van der Waals surface area (Å²) in [6.45, 7) is 5.68. The van der Waals surface area contributed by atoms with Crippen LogP contribution in [0.1, 0.15) is 47.9 Å². The second-order valence-corrected chi connectivity index (χ2v) is 5.60. The van der Waals surface area contributed by atoms with Crippen LogP contribution >= 0.6 is 0 Å². The molecule has 0 bridgehead atoms. The Hall–Kier alpha value is -2.76. The molecule has 1 aromatic carbocycles. The van der Waals surface area contributed by atoms with E-state index in [-0.39, 0.29) is 12.3 Å². The molecule has 0 spiro atoms. The van der Waals surface area contributed by atoms with Crippen molar-refractivity contribution in [3.8, 4) is 0 Å². The van der Waals surface area contributed by atoms with Crippen molar-refractivity contribution in [2.45, 2.75) is 33.1 Å². The highest BCUT2D eigenvalue weighted by atomic mass is 16.5. The van der Waals surface area contributed by atoms with Crippen LogP contribution in [0.2, 0.25) is 0 Å². The van der Waals surface area contributed by atoms with Gasteiger partial charge in [-0.25, -0.2) is 9.78 Å². The van der Waals surface area contributed by atoms with Gasteiger partial charge in [0.15, 0.2) is 12.3 Å². The minimum Gasteiger partial charge on any atom is -0.451 e. The molecule has 0 saturated carbocycles. The number of amides is 1. The Morgan fingerprint density at radius 3 is 2.46 bits per heavy atom. The first kappa shape index (κ1) is 17.6. The highest BCUT2D eigenvalue weighted by molar-refractivity contribution is 5.94. The van der Waals surface area contributed by atoms with Crippen LogP contribution in [0, 0.1) is 6.92 Å². The summed E-state index contributed by atoms with van der Waals surface area (Å²) < 4.78 is 4.93. The molecule has 0 aliphatic rings. The summed E-state index contributed by atoms with van der Waals surface area (Å²) in [6.07, 6.45) is 3.85. The van der Waals surface area contributed by atoms with Crippen LogP contribution in [-0.2, 0) is 9.53 Å². The molecule has 1 unspecified atom stereocenters. The average molecular weight is 327 g/mol. The summed E-state index contributed by atoms with van der Waals surface area (Å²) >= 11 is 0. The molecule has 1 amide bonds. The van der Waals surface area contributed by atoms with E-state index < -0.39 is 11.9 Å². The first-order valence-corrected chi connectivity index (χ1v) is 7.85. The van der Waals surface area contributed by atoms with E-state index in [1.54, 1.807) is 6.92 Å². The maximum Gasteiger partial charge on any atom is 0.359 e. The van der Waals surface area contributed by atoms with Crippen LogP contribution in [-0.4, -0.2) is 28.5 Å². The number of nitrogens with zero attached hydrogens (tertiary/aromatic N) is 2. The van der Waals surface area contributed by atoms with Crippen molar-refractivity contribution in [3.05, 3.63) is 53.6 Å². The largest absolute Gasteiger partial charge is 0.451 e. The number of hydrogen-bond acceptors (Lipinski definition) is 5. The Bertz CT molecular complexity index is 696. The first-order chi connectivity index (χ1) is 11.5. The van der Waals surface area contributed by atoms with Crippen LogP contribution < -0.4 is 5.32 Å². The maximum absolute atomic E-state index is 11.9. The van der Waals surface area contributed by atoms with Crippen LogP contribution in [0.15, 0.2) is 36.7 Å². The standard InChI is InChI=1S/C18H21N3O3/c1-4-12(2)14-5-7-15(8-6-14)21-17(22)11-24-18(23)16-10-19-13(3)9-20-16/h5-10,12H,4,11H2,1-3H3,(H,21,22). The quantitative estimate of drug-likeness (QED) is 0.825. The lowest BCUT2D eigenvalue weighted by atomic mass is 9.99. The Labute approximate surface area is 141 Å². The number of aromatic nitrogens is 2. The van der Waals surface area contributed by atoms with E-state index in [1.807, 2.05) is 24.3 Å². The molecule has 24 heavy (non-hydrogen) atoms. The maximum atomic E-state index is 11.9. The molecular formula is C18H21N3O3. The van der Waals surface area contributed by atoms with Crippen LogP contribution in [0.4, 0.5) is 5.69 Å². The fourth-order valence-corrected chi connectivity index (χ4v) is 2.03. The normalized spacial score (nSPS) is 11.6. The van der Waals surface area contributed by atoms with Crippen molar-refractivity contribution in [3.63, 3.8) is 0 Å². The zero-order valence-electron chi connectivity index (χ0n) is 14.1. The van der Waals surface area contributed by atoms with Crippen molar-refractivity contribution < 1.29 is 14.3 Å². The predicted octanol–water partition coefficient (Wildman–Crippen LogP) is 3.09. The van der Waals surface area contributed by atoms with Crippen molar-refractivity contribution in [1.29, 1.82) is 0 Å². The van der Waals surface area contributed by atoms with Gasteiger partial charge in [0.2, 0.25) is 0 Å². The molecule has 6 nitrogen and oxygen atoms in total. The van der Waals surface area contributed by atoms with E-state index in [9.17, 15) is 9.59 Å². The van der Waals surface area contributed by atoms with Gasteiger partial charge in [-0.2, -0.15) is 0 Å². The molecule has 0 aliphatic carbocycles. The average Bonchev–Trinajstić information content (AvgIpc) is 2.60. The van der Waals surface area contributed by atoms with Crippen LogP contribution in [0.25, 0.3) is 0 Å². The Morgan fingerprint density at radius 1 is 1.17 bits per heavy atom. The van der Waals surface area contributed by atoms with Gasteiger partial charge < -0.3 is 10.1 Å². The number of carbonyl (C=O) groups is 2. The number of aryl methyl sites for hydroxylation is 1. The van der Waals surface area contributed by atoms with Crippen molar-refractivity contribution in [2.24, 2.45) is 0 Å². The van der Waals surface area contributed by atoms with Gasteiger partial charge in [0.25, 0.3) is 5.91 Å². The Kier molecular flexibility index (Phi) is 6.01. The highest BCUT2D eigenvalue weighted by Gasteiger charge is 2.12. The third-order valence-electron chi connectivity index (χ3n) is 3.70. The molecule has 0 radical (unpaired) electrons. The van der Waals surface area contributed by atoms with Gasteiger partial charge >= 0.3 is 5.97 Å². The smallest absolute Gasteiger partial charge is 0.359 e. The molecule has 1 N–H and O–H groups in total. The van der Waals surface area contributed by atoms with Crippen LogP contribution in [0.3, 0.4) is 0 Å². The van der Waals surface area contributed by atoms with Gasteiger partial charge in [-0.15, -0.1) is 0 Å². The summed E-state index contributed by atoms with van der Waals surface area (Å²) in [5.74, 6) is -0.601. The SMILES string of the molecule is CCC(C)c1ccc(NC(=O)COC(=O)c2cnc(C)cn2)cc1. The molecule has 1 heterocycles. The third-order valence-corrected chi connectivity index (χ3v) is 3.70. The minimum atomic E-state index is -0.676. The summed E-state index contributed by atoms with van der Waals surface area (Å²) in [5, 5.41) is 2.69. The lowest BCUT2D eigenvalue weighted by Crippen LogP contribution is -2.21. The third kappa shape index (κ3) is 4.87. The number of nitrogens with one attached hydrogen (secondary N) is 1. The molecule has 1 aromatic heterocycles. The number of carbonyl (C=O) groups excluding carboxylic acids is 2. The van der Waals surface area contributed by atoms with E-state index in [0.29, 0.717) is 17.3 Å². The monoisotopic (exact) mass is 327 g/mol. The number of esters is 1. The first-order valence-electron chi connectivity index (χ1n) is 7.85. The predicted molar refractivity (Wildman–Crippen MR) is 90.8 cm³/mol. The molecule has 0 fully saturated rings. The molecule has 1 atom stereocenters. The second-order valence-electron chi connectivity index (χ2n) is 5.60. The van der Waals surface area contributed by atoms with Gasteiger partial charge in [0.1, 0.15) is 0 Å². The zero-order chi connectivity index (χ0) is 17.5. The van der Waals surface area contributed by atoms with Gasteiger partial charge in [0, 0.05) is 11.9 Å². The summed E-state index contributed by atoms with van der Waals surface area (Å²) in [5.41, 5.74) is 2.66. The Balaban J connectivity index is 1.84. The van der Waals surface area contributed by atoms with Crippen molar-refractivity contribution in [1.82, 2.24) is 9.97 Å². The molecule has 6 heteroatoms. The summed E-state index contributed by atoms with van der Waals surface area (Å²) in [6, 6.07) is 7.65. The lowest BCUT2D eigenvalue weighted by Gasteiger charge is -2.10. The van der Waals surface area contributed by atoms with Gasteiger partial charge in [0.05, 0.1) is 11.9 Å². The number of benzene rings is 1. The fraction of sp³-hybridized carbons (Fsp3) is 0.333. The lowest BCUT2D eigenvalue weighted by molar-refractivity contribution is -0.119. The molecule has 2 aromatic rings. The van der Waals surface area contributed by atoms with Gasteiger partial charge in [-0.3, -0.25) is 9.78 Å². The van der Waals surface area contributed by atoms with E-state index in [2.05, 4.69) is 29.1 Å². The number of ether oxygens (including phenoxy) is 1. The molecule has 0 saturated heterocycles. The second kappa shape index (κ2) is 8.19. The van der Waals surface area contributed by atoms with E-state index in [0.717, 1.165) is 6.42 Å². The minimum absolute atomic E-state index is 0.0753. The van der Waals surface area contributed by atoms with E-state index >= 15 is 0 Å². The van der Waals surface area contributed by atoms with Crippen molar-refractivity contribution >= 4 is 17.6 Å². The highest BCUT2D eigenvalue weighted by Crippen LogP contribution is 2.20. The van der Waals surface area contributed by atoms with Gasteiger partial charge in [-0.1, -0.05) is 26.0 Å². The number of rotatable bonds is 6. The topological polar surface area (TPSA) is 81.2 Å². The number of anilines is 1. The Morgan fingerprint density at radius 2 is 1.88 bits per heavy atom. The summed E-state index contributed by atoms with van der Waals surface area (Å²) in [7, 11) is 0. The van der Waals surface area contributed by atoms with E-state index in [1.165, 1.54) is 18.0 Å². The fourth-order valence-electron chi connectivity index (χ4n) is 2.03. The summed E-state index contributed by atoms with van der Waals surface area (Å²) in [4.78, 5) is 31.5. The van der Waals surface area contributed by atoms with Gasteiger partial charge in [-0.05, 0) is 37.0 Å². The van der Waals surface area contributed by atoms with E-state index in [4.69, 9.17) is 4.74 Å². The number of hydrogen-bond donors (Lipinski definition) is 1. The zero-order valence-corrected chi connectivity index (χ0v) is 14.1. The van der Waals surface area contributed by atoms with Crippen LogP contribution in [0.5, 0.6) is 0 Å². The molecule has 126 valence electrons. The molecular weight excluding hydrogens is 306 g/mol.